The van der Waals surface area contributed by atoms with Crippen LogP contribution in [0.25, 0.3) is 0 Å². The maximum Gasteiger partial charge on any atom is 0.435 e. The minimum Gasteiger partial charge on any atom is -0.396 e. The van der Waals surface area contributed by atoms with E-state index < -0.39 is 23.4 Å². The summed E-state index contributed by atoms with van der Waals surface area (Å²) in [5, 5.41) is 23.0. The van der Waals surface area contributed by atoms with Crippen molar-refractivity contribution in [3.63, 3.8) is 0 Å². The minimum atomic E-state index is -4.61. The fourth-order valence-corrected chi connectivity index (χ4v) is 2.04. The van der Waals surface area contributed by atoms with Crippen LogP contribution in [0.3, 0.4) is 0 Å². The predicted octanol–water partition coefficient (Wildman–Crippen LogP) is 2.39. The van der Waals surface area contributed by atoms with Crippen LogP contribution in [0.15, 0.2) is 30.5 Å². The van der Waals surface area contributed by atoms with E-state index in [-0.39, 0.29) is 24.2 Å². The smallest absolute Gasteiger partial charge is 0.396 e. The molecule has 0 amide bonds. The van der Waals surface area contributed by atoms with Crippen LogP contribution in [0.5, 0.6) is 0 Å². The second-order valence-corrected chi connectivity index (χ2v) is 4.60. The summed E-state index contributed by atoms with van der Waals surface area (Å²) in [5.41, 5.74) is -0.843. The number of hydrogen-bond acceptors (Lipinski definition) is 4. The maximum absolute atomic E-state index is 12.8. The number of halogens is 3. The monoisotopic (exact) mass is 315 g/mol. The van der Waals surface area contributed by atoms with Crippen molar-refractivity contribution in [2.45, 2.75) is 19.1 Å². The van der Waals surface area contributed by atoms with Crippen molar-refractivity contribution in [2.24, 2.45) is 0 Å². The van der Waals surface area contributed by atoms with E-state index in [0.29, 0.717) is 5.56 Å². The van der Waals surface area contributed by atoms with Crippen molar-refractivity contribution in [3.8, 4) is 0 Å². The van der Waals surface area contributed by atoms with Gasteiger partial charge in [-0.1, -0.05) is 12.1 Å². The van der Waals surface area contributed by atoms with Crippen LogP contribution in [0, 0.1) is 10.1 Å². The molecule has 0 unspecified atom stereocenters. The highest BCUT2D eigenvalue weighted by atomic mass is 19.4. The highest BCUT2D eigenvalue weighted by Crippen LogP contribution is 2.31. The lowest BCUT2D eigenvalue weighted by molar-refractivity contribution is -0.384. The summed E-state index contributed by atoms with van der Waals surface area (Å²) in [4.78, 5) is 10.1. The minimum absolute atomic E-state index is 0.0316. The van der Waals surface area contributed by atoms with Crippen molar-refractivity contribution in [2.75, 3.05) is 6.61 Å². The first-order valence-corrected chi connectivity index (χ1v) is 6.29. The Kier molecular flexibility index (Phi) is 4.45. The normalized spacial score (nSPS) is 11.6. The molecule has 1 aromatic carbocycles. The van der Waals surface area contributed by atoms with E-state index in [1.165, 1.54) is 24.4 Å². The fourth-order valence-electron chi connectivity index (χ4n) is 2.04. The number of benzene rings is 1. The van der Waals surface area contributed by atoms with Crippen LogP contribution < -0.4 is 0 Å². The average molecular weight is 315 g/mol. The largest absolute Gasteiger partial charge is 0.435 e. The first kappa shape index (κ1) is 16.0. The molecule has 2 rings (SSSR count). The Hall–Kier alpha value is -2.42. The predicted molar refractivity (Wildman–Crippen MR) is 70.2 cm³/mol. The van der Waals surface area contributed by atoms with Gasteiger partial charge in [0.1, 0.15) is 0 Å². The van der Waals surface area contributed by atoms with E-state index in [0.717, 1.165) is 4.68 Å². The maximum atomic E-state index is 12.8. The van der Waals surface area contributed by atoms with Gasteiger partial charge in [-0.15, -0.1) is 0 Å². The number of aliphatic hydroxyl groups is 1. The third-order valence-electron chi connectivity index (χ3n) is 2.95. The molecule has 0 saturated heterocycles. The van der Waals surface area contributed by atoms with E-state index in [9.17, 15) is 23.3 Å². The summed E-state index contributed by atoms with van der Waals surface area (Å²) < 4.78 is 39.6. The highest BCUT2D eigenvalue weighted by Gasteiger charge is 2.36. The van der Waals surface area contributed by atoms with Gasteiger partial charge in [0.2, 0.25) is 0 Å². The second kappa shape index (κ2) is 6.14. The van der Waals surface area contributed by atoms with Crippen molar-refractivity contribution in [1.82, 2.24) is 9.78 Å². The van der Waals surface area contributed by atoms with Crippen molar-refractivity contribution >= 4 is 5.69 Å². The molecule has 6 nitrogen and oxygen atoms in total. The molecule has 1 heterocycles. The Balaban J connectivity index is 2.30. The first-order chi connectivity index (χ1) is 10.3. The molecule has 118 valence electrons. The van der Waals surface area contributed by atoms with Gasteiger partial charge in [0.25, 0.3) is 5.69 Å². The van der Waals surface area contributed by atoms with Gasteiger partial charge >= 0.3 is 6.18 Å². The molecule has 1 aromatic heterocycles. The first-order valence-electron chi connectivity index (χ1n) is 6.29. The molecule has 0 aliphatic carbocycles. The van der Waals surface area contributed by atoms with Gasteiger partial charge in [-0.2, -0.15) is 18.3 Å². The third kappa shape index (κ3) is 3.61. The molecular formula is C13H12F3N3O3. The van der Waals surface area contributed by atoms with Crippen LogP contribution in [0.4, 0.5) is 18.9 Å². The molecule has 1 N–H and O–H groups in total. The van der Waals surface area contributed by atoms with E-state index in [1.54, 1.807) is 6.07 Å². The molecule has 0 bridgehead atoms. The Morgan fingerprint density at radius 2 is 2.09 bits per heavy atom. The van der Waals surface area contributed by atoms with Gasteiger partial charge in [-0.25, -0.2) is 0 Å². The molecule has 9 heteroatoms. The van der Waals surface area contributed by atoms with Gasteiger partial charge in [0, 0.05) is 30.5 Å². The van der Waals surface area contributed by atoms with Crippen LogP contribution in [-0.4, -0.2) is 26.4 Å². The zero-order valence-corrected chi connectivity index (χ0v) is 11.2. The molecule has 0 radical (unpaired) electrons. The summed E-state index contributed by atoms with van der Waals surface area (Å²) in [7, 11) is 0. The topological polar surface area (TPSA) is 81.2 Å². The zero-order valence-electron chi connectivity index (χ0n) is 11.2. The summed E-state index contributed by atoms with van der Waals surface area (Å²) in [5.74, 6) is 0. The second-order valence-electron chi connectivity index (χ2n) is 4.60. The Bertz CT molecular complexity index is 683. The van der Waals surface area contributed by atoms with Crippen LogP contribution >= 0.6 is 0 Å². The number of alkyl halides is 3. The van der Waals surface area contributed by atoms with Crippen LogP contribution in [0.1, 0.15) is 16.8 Å². The molecular weight excluding hydrogens is 303 g/mol. The number of nitro groups is 1. The Morgan fingerprint density at radius 1 is 1.36 bits per heavy atom. The molecule has 22 heavy (non-hydrogen) atoms. The van der Waals surface area contributed by atoms with E-state index in [1.807, 2.05) is 0 Å². The summed E-state index contributed by atoms with van der Waals surface area (Å²) in [6.45, 7) is -0.457. The SMILES string of the molecule is O=[N+]([O-])c1cccc(Cn2cc(CCO)c(C(F)(F)F)n2)c1. The third-order valence-corrected chi connectivity index (χ3v) is 2.95. The number of aliphatic hydroxyl groups excluding tert-OH is 1. The van der Waals surface area contributed by atoms with Crippen LogP contribution in [0.2, 0.25) is 0 Å². The van der Waals surface area contributed by atoms with Crippen molar-refractivity contribution in [3.05, 3.63) is 57.4 Å². The van der Waals surface area contributed by atoms with Gasteiger partial charge in [0.05, 0.1) is 11.5 Å². The lowest BCUT2D eigenvalue weighted by Gasteiger charge is -2.04. The lowest BCUT2D eigenvalue weighted by atomic mass is 10.2. The van der Waals surface area contributed by atoms with E-state index >= 15 is 0 Å². The van der Waals surface area contributed by atoms with E-state index in [2.05, 4.69) is 5.10 Å². The van der Waals surface area contributed by atoms with E-state index in [4.69, 9.17) is 5.11 Å². The Morgan fingerprint density at radius 3 is 2.68 bits per heavy atom. The van der Waals surface area contributed by atoms with Crippen molar-refractivity contribution < 1.29 is 23.2 Å². The average Bonchev–Trinajstić information content (AvgIpc) is 2.82. The van der Waals surface area contributed by atoms with Gasteiger partial charge in [-0.3, -0.25) is 14.8 Å². The summed E-state index contributed by atoms with van der Waals surface area (Å²) >= 11 is 0. The molecule has 0 saturated carbocycles. The molecule has 0 fully saturated rings. The number of rotatable bonds is 5. The number of non-ortho nitro benzene ring substituents is 1. The zero-order chi connectivity index (χ0) is 16.3. The van der Waals surface area contributed by atoms with Gasteiger partial charge in [0.15, 0.2) is 5.69 Å². The fraction of sp³-hybridized carbons (Fsp3) is 0.308. The van der Waals surface area contributed by atoms with Crippen molar-refractivity contribution in [1.29, 1.82) is 0 Å². The number of nitro benzene ring substituents is 1. The lowest BCUT2D eigenvalue weighted by Crippen LogP contribution is -2.11. The summed E-state index contributed by atoms with van der Waals surface area (Å²) in [6.07, 6.45) is -3.58. The molecule has 0 spiro atoms. The molecule has 0 aliphatic rings. The molecule has 0 aliphatic heterocycles. The van der Waals surface area contributed by atoms with Gasteiger partial charge in [-0.05, 0) is 12.0 Å². The number of nitrogens with zero attached hydrogens (tertiary/aromatic N) is 3. The van der Waals surface area contributed by atoms with Crippen LogP contribution in [-0.2, 0) is 19.1 Å². The highest BCUT2D eigenvalue weighted by molar-refractivity contribution is 5.34. The molecule has 0 atom stereocenters. The number of hydrogen-bond donors (Lipinski definition) is 1. The summed E-state index contributed by atoms with van der Waals surface area (Å²) in [6, 6.07) is 5.59. The Labute approximate surface area is 122 Å². The standard InChI is InChI=1S/C13H12F3N3O3/c14-13(15,16)12-10(4-5-20)8-18(17-12)7-9-2-1-3-11(6-9)19(21)22/h1-3,6,8,20H,4-5,7H2. The quantitative estimate of drug-likeness (QED) is 0.678. The van der Waals surface area contributed by atoms with Gasteiger partial charge < -0.3 is 5.11 Å². The number of aromatic nitrogens is 2. The molecule has 2 aromatic rings.